The molecule has 0 saturated heterocycles. The van der Waals surface area contributed by atoms with Crippen LogP contribution in [0.2, 0.25) is 0 Å². The minimum absolute atomic E-state index is 0.342. The van der Waals surface area contributed by atoms with Gasteiger partial charge in [-0.3, -0.25) is 0 Å². The predicted molar refractivity (Wildman–Crippen MR) is 90.8 cm³/mol. The number of hydrogen-bond donors (Lipinski definition) is 2. The Kier molecular flexibility index (Phi) is 4.53. The molecular formula is C18H13F2N5. The van der Waals surface area contributed by atoms with Crippen LogP contribution in [0.25, 0.3) is 0 Å². The van der Waals surface area contributed by atoms with Gasteiger partial charge in [0.25, 0.3) is 0 Å². The van der Waals surface area contributed by atoms with Crippen LogP contribution in [0.4, 0.5) is 31.9 Å². The highest BCUT2D eigenvalue weighted by atomic mass is 19.2. The molecule has 0 bridgehead atoms. The average Bonchev–Trinajstić information content (AvgIpc) is 2.58. The smallest absolute Gasteiger partial charge is 0.229 e. The van der Waals surface area contributed by atoms with E-state index in [1.807, 2.05) is 6.07 Å². The first-order valence-corrected chi connectivity index (χ1v) is 7.38. The lowest BCUT2D eigenvalue weighted by molar-refractivity contribution is 0.509. The molecule has 3 rings (SSSR count). The summed E-state index contributed by atoms with van der Waals surface area (Å²) in [6, 6.07) is 14.1. The molecule has 0 radical (unpaired) electrons. The highest BCUT2D eigenvalue weighted by molar-refractivity contribution is 5.60. The van der Waals surface area contributed by atoms with Crippen LogP contribution in [0.5, 0.6) is 0 Å². The number of aromatic nitrogens is 2. The molecule has 25 heavy (non-hydrogen) atoms. The van der Waals surface area contributed by atoms with Crippen molar-refractivity contribution in [2.45, 2.75) is 6.92 Å². The second kappa shape index (κ2) is 6.93. The normalized spacial score (nSPS) is 10.2. The molecule has 2 N–H and O–H groups in total. The molecule has 2 aromatic carbocycles. The van der Waals surface area contributed by atoms with Crippen LogP contribution in [-0.2, 0) is 0 Å². The summed E-state index contributed by atoms with van der Waals surface area (Å²) in [6.07, 6.45) is 0. The standard InChI is InChI=1S/C18H13F2N5/c1-11-8-17(23-14-6-7-15(19)16(20)9-14)25-18(22-11)24-13-4-2-12(10-21)3-5-13/h2-9H,1H3,(H2,22,23,24,25). The summed E-state index contributed by atoms with van der Waals surface area (Å²) in [5, 5.41) is 14.8. The molecule has 0 aliphatic carbocycles. The first kappa shape index (κ1) is 16.3. The fourth-order valence-corrected chi connectivity index (χ4v) is 2.17. The number of nitriles is 1. The Bertz CT molecular complexity index is 949. The van der Waals surface area contributed by atoms with Gasteiger partial charge in [-0.25, -0.2) is 13.8 Å². The van der Waals surface area contributed by atoms with Crippen molar-refractivity contribution < 1.29 is 8.78 Å². The van der Waals surface area contributed by atoms with E-state index in [1.165, 1.54) is 6.07 Å². The van der Waals surface area contributed by atoms with Gasteiger partial charge in [0.2, 0.25) is 5.95 Å². The number of aryl methyl sites for hydroxylation is 1. The summed E-state index contributed by atoms with van der Waals surface area (Å²) in [7, 11) is 0. The maximum Gasteiger partial charge on any atom is 0.229 e. The molecule has 0 fully saturated rings. The molecule has 124 valence electrons. The van der Waals surface area contributed by atoms with Gasteiger partial charge in [0.15, 0.2) is 11.6 Å². The molecule has 0 amide bonds. The van der Waals surface area contributed by atoms with E-state index < -0.39 is 11.6 Å². The van der Waals surface area contributed by atoms with Crippen LogP contribution in [0, 0.1) is 29.9 Å². The third-order valence-corrected chi connectivity index (χ3v) is 3.32. The van der Waals surface area contributed by atoms with Crippen LogP contribution in [0.3, 0.4) is 0 Å². The Morgan fingerprint density at radius 2 is 1.60 bits per heavy atom. The van der Waals surface area contributed by atoms with Crippen molar-refractivity contribution in [2.24, 2.45) is 0 Å². The largest absolute Gasteiger partial charge is 0.340 e. The molecule has 3 aromatic rings. The van der Waals surface area contributed by atoms with E-state index in [0.717, 1.165) is 17.8 Å². The van der Waals surface area contributed by atoms with Crippen LogP contribution in [-0.4, -0.2) is 9.97 Å². The van der Waals surface area contributed by atoms with Gasteiger partial charge >= 0.3 is 0 Å². The Hall–Kier alpha value is -3.53. The number of hydrogen-bond acceptors (Lipinski definition) is 5. The maximum absolute atomic E-state index is 13.3. The molecule has 5 nitrogen and oxygen atoms in total. The van der Waals surface area contributed by atoms with Crippen molar-refractivity contribution >= 4 is 23.1 Å². The summed E-state index contributed by atoms with van der Waals surface area (Å²) >= 11 is 0. The molecule has 0 aliphatic heterocycles. The average molecular weight is 337 g/mol. The van der Waals surface area contributed by atoms with Crippen molar-refractivity contribution in [3.63, 3.8) is 0 Å². The molecule has 0 atom stereocenters. The van der Waals surface area contributed by atoms with Gasteiger partial charge < -0.3 is 10.6 Å². The Morgan fingerprint density at radius 3 is 2.28 bits per heavy atom. The lowest BCUT2D eigenvalue weighted by Gasteiger charge is -2.10. The van der Waals surface area contributed by atoms with Gasteiger partial charge in [-0.15, -0.1) is 0 Å². The molecule has 0 unspecified atom stereocenters. The van der Waals surface area contributed by atoms with Crippen molar-refractivity contribution in [1.82, 2.24) is 9.97 Å². The fourth-order valence-electron chi connectivity index (χ4n) is 2.17. The third kappa shape index (κ3) is 4.06. The van der Waals surface area contributed by atoms with Gasteiger partial charge in [0.05, 0.1) is 11.6 Å². The number of rotatable bonds is 4. The Labute approximate surface area is 143 Å². The number of anilines is 4. The van der Waals surface area contributed by atoms with Crippen LogP contribution >= 0.6 is 0 Å². The molecule has 0 aliphatic rings. The molecule has 1 aromatic heterocycles. The first-order valence-electron chi connectivity index (χ1n) is 7.38. The molecular weight excluding hydrogens is 324 g/mol. The summed E-state index contributed by atoms with van der Waals surface area (Å²) in [5.74, 6) is -1.07. The summed E-state index contributed by atoms with van der Waals surface area (Å²) in [4.78, 5) is 8.59. The third-order valence-electron chi connectivity index (χ3n) is 3.32. The van der Waals surface area contributed by atoms with Crippen molar-refractivity contribution in [3.05, 3.63) is 71.4 Å². The van der Waals surface area contributed by atoms with Gasteiger partial charge in [-0.05, 0) is 43.3 Å². The van der Waals surface area contributed by atoms with E-state index in [9.17, 15) is 8.78 Å². The lowest BCUT2D eigenvalue weighted by Crippen LogP contribution is -2.02. The number of halogens is 2. The van der Waals surface area contributed by atoms with Crippen molar-refractivity contribution in [2.75, 3.05) is 10.6 Å². The zero-order chi connectivity index (χ0) is 17.8. The number of nitrogens with zero attached hydrogens (tertiary/aromatic N) is 3. The van der Waals surface area contributed by atoms with E-state index in [4.69, 9.17) is 5.26 Å². The Balaban J connectivity index is 1.82. The van der Waals surface area contributed by atoms with Crippen molar-refractivity contribution in [3.8, 4) is 6.07 Å². The van der Waals surface area contributed by atoms with Crippen LogP contribution in [0.1, 0.15) is 11.3 Å². The summed E-state index contributed by atoms with van der Waals surface area (Å²) in [5.41, 5.74) is 2.34. The summed E-state index contributed by atoms with van der Waals surface area (Å²) in [6.45, 7) is 1.79. The van der Waals surface area contributed by atoms with Crippen molar-refractivity contribution in [1.29, 1.82) is 5.26 Å². The van der Waals surface area contributed by atoms with E-state index >= 15 is 0 Å². The van der Waals surface area contributed by atoms with Crippen LogP contribution in [0.15, 0.2) is 48.5 Å². The second-order valence-electron chi connectivity index (χ2n) is 5.29. The maximum atomic E-state index is 13.3. The minimum Gasteiger partial charge on any atom is -0.340 e. The van der Waals surface area contributed by atoms with E-state index in [2.05, 4.69) is 20.6 Å². The predicted octanol–water partition coefficient (Wildman–Crippen LogP) is 4.42. The summed E-state index contributed by atoms with van der Waals surface area (Å²) < 4.78 is 26.3. The van der Waals surface area contributed by atoms with E-state index in [0.29, 0.717) is 28.7 Å². The number of benzene rings is 2. The topological polar surface area (TPSA) is 73.6 Å². The van der Waals surface area contributed by atoms with Crippen LogP contribution < -0.4 is 10.6 Å². The van der Waals surface area contributed by atoms with Gasteiger partial charge in [-0.2, -0.15) is 10.2 Å². The van der Waals surface area contributed by atoms with Gasteiger partial charge in [0, 0.05) is 29.2 Å². The molecule has 1 heterocycles. The van der Waals surface area contributed by atoms with E-state index in [1.54, 1.807) is 37.3 Å². The first-order chi connectivity index (χ1) is 12.0. The van der Waals surface area contributed by atoms with Gasteiger partial charge in [0.1, 0.15) is 5.82 Å². The lowest BCUT2D eigenvalue weighted by atomic mass is 10.2. The quantitative estimate of drug-likeness (QED) is 0.737. The second-order valence-corrected chi connectivity index (χ2v) is 5.29. The van der Waals surface area contributed by atoms with E-state index in [-0.39, 0.29) is 0 Å². The highest BCUT2D eigenvalue weighted by Crippen LogP contribution is 2.20. The number of nitrogens with one attached hydrogen (secondary N) is 2. The Morgan fingerprint density at radius 1 is 0.880 bits per heavy atom. The molecule has 0 spiro atoms. The molecule has 7 heteroatoms. The zero-order valence-electron chi connectivity index (χ0n) is 13.2. The molecule has 0 saturated carbocycles. The zero-order valence-corrected chi connectivity index (χ0v) is 13.2. The SMILES string of the molecule is Cc1cc(Nc2ccc(F)c(F)c2)nc(Nc2ccc(C#N)cc2)n1. The monoisotopic (exact) mass is 337 g/mol. The minimum atomic E-state index is -0.938. The highest BCUT2D eigenvalue weighted by Gasteiger charge is 2.06. The van der Waals surface area contributed by atoms with Gasteiger partial charge in [-0.1, -0.05) is 0 Å². The fraction of sp³-hybridized carbons (Fsp3) is 0.0556.